The predicted molar refractivity (Wildman–Crippen MR) is 63.5 cm³/mol. The van der Waals surface area contributed by atoms with Crippen LogP contribution in [0.25, 0.3) is 0 Å². The van der Waals surface area contributed by atoms with Crippen LogP contribution in [0.4, 0.5) is 0 Å². The summed E-state index contributed by atoms with van der Waals surface area (Å²) in [5.41, 5.74) is 1.34. The van der Waals surface area contributed by atoms with Gasteiger partial charge in [-0.05, 0) is 18.9 Å². The Morgan fingerprint density at radius 3 is 2.88 bits per heavy atom. The number of esters is 1. The van der Waals surface area contributed by atoms with Crippen molar-refractivity contribution < 1.29 is 14.4 Å². The van der Waals surface area contributed by atoms with E-state index < -0.39 is 0 Å². The largest absolute Gasteiger partial charge is 0.456 e. The second kappa shape index (κ2) is 5.48. The molecule has 4 nitrogen and oxygen atoms in total. The Morgan fingerprint density at radius 1 is 1.47 bits per heavy atom. The Kier molecular flexibility index (Phi) is 3.75. The molecule has 1 aliphatic heterocycles. The fourth-order valence-corrected chi connectivity index (χ4v) is 1.54. The minimum atomic E-state index is -0.388. The molecule has 0 aliphatic carbocycles. The van der Waals surface area contributed by atoms with Gasteiger partial charge in [0.05, 0.1) is 0 Å². The topological polar surface area (TPSA) is 47.9 Å². The second-order valence-corrected chi connectivity index (χ2v) is 4.05. The van der Waals surface area contributed by atoms with Crippen molar-refractivity contribution in [2.45, 2.75) is 32.5 Å². The van der Waals surface area contributed by atoms with Crippen LogP contribution in [0, 0.1) is 0 Å². The number of benzene rings is 1. The Morgan fingerprint density at radius 2 is 2.24 bits per heavy atom. The third-order valence-electron chi connectivity index (χ3n) is 2.58. The summed E-state index contributed by atoms with van der Waals surface area (Å²) in [6.07, 6.45) is 1.51. The number of carbonyl (C=O) groups is 1. The molecule has 1 atom stereocenters. The van der Waals surface area contributed by atoms with E-state index in [1.165, 1.54) is 0 Å². The molecule has 1 unspecified atom stereocenters. The maximum atomic E-state index is 11.6. The molecular formula is C13H15NO3. The Hall–Kier alpha value is -1.84. The molecule has 0 radical (unpaired) electrons. The average Bonchev–Trinajstić information content (AvgIpc) is 2.38. The average molecular weight is 233 g/mol. The Labute approximate surface area is 100 Å². The molecule has 0 amide bonds. The SMILES string of the molecule is CC1CCC(C(=O)OCc2ccccc2)=NO1. The maximum Gasteiger partial charge on any atom is 0.356 e. The van der Waals surface area contributed by atoms with E-state index in [-0.39, 0.29) is 18.7 Å². The van der Waals surface area contributed by atoms with Crippen molar-refractivity contribution >= 4 is 11.7 Å². The van der Waals surface area contributed by atoms with Gasteiger partial charge in [-0.1, -0.05) is 35.5 Å². The van der Waals surface area contributed by atoms with Crippen molar-refractivity contribution in [1.82, 2.24) is 0 Å². The van der Waals surface area contributed by atoms with Crippen molar-refractivity contribution in [2.24, 2.45) is 5.16 Å². The van der Waals surface area contributed by atoms with Gasteiger partial charge in [-0.3, -0.25) is 0 Å². The summed E-state index contributed by atoms with van der Waals surface area (Å²) in [4.78, 5) is 16.7. The summed E-state index contributed by atoms with van der Waals surface area (Å²) < 4.78 is 5.15. The van der Waals surface area contributed by atoms with E-state index in [0.29, 0.717) is 12.1 Å². The van der Waals surface area contributed by atoms with Crippen LogP contribution in [0.3, 0.4) is 0 Å². The third-order valence-corrected chi connectivity index (χ3v) is 2.58. The van der Waals surface area contributed by atoms with Crippen LogP contribution in [-0.4, -0.2) is 17.8 Å². The van der Waals surface area contributed by atoms with Gasteiger partial charge in [0.2, 0.25) is 0 Å². The molecule has 0 aromatic heterocycles. The number of hydrogen-bond donors (Lipinski definition) is 0. The van der Waals surface area contributed by atoms with Crippen LogP contribution in [0.5, 0.6) is 0 Å². The molecule has 1 aromatic carbocycles. The quantitative estimate of drug-likeness (QED) is 0.752. The van der Waals surface area contributed by atoms with E-state index in [1.54, 1.807) is 0 Å². The number of rotatable bonds is 3. The molecule has 1 aliphatic rings. The fraction of sp³-hybridized carbons (Fsp3) is 0.385. The first-order valence-electron chi connectivity index (χ1n) is 5.69. The molecule has 0 saturated carbocycles. The molecule has 0 N–H and O–H groups in total. The molecule has 4 heteroatoms. The van der Waals surface area contributed by atoms with Gasteiger partial charge < -0.3 is 9.57 Å². The predicted octanol–water partition coefficient (Wildman–Crippen LogP) is 2.28. The normalized spacial score (nSPS) is 19.1. The fourth-order valence-electron chi connectivity index (χ4n) is 1.54. The van der Waals surface area contributed by atoms with Crippen molar-refractivity contribution in [3.05, 3.63) is 35.9 Å². The summed E-state index contributed by atoms with van der Waals surface area (Å²) >= 11 is 0. The molecule has 0 fully saturated rings. The van der Waals surface area contributed by atoms with E-state index in [2.05, 4.69) is 5.16 Å². The monoisotopic (exact) mass is 233 g/mol. The maximum absolute atomic E-state index is 11.6. The lowest BCUT2D eigenvalue weighted by Crippen LogP contribution is -2.24. The number of oxime groups is 1. The lowest BCUT2D eigenvalue weighted by Gasteiger charge is -2.16. The summed E-state index contributed by atoms with van der Waals surface area (Å²) in [6, 6.07) is 9.56. The summed E-state index contributed by atoms with van der Waals surface area (Å²) in [5, 5.41) is 3.76. The molecule has 1 aromatic rings. The van der Waals surface area contributed by atoms with E-state index in [0.717, 1.165) is 12.0 Å². The minimum absolute atomic E-state index is 0.0840. The Bertz CT molecular complexity index is 414. The van der Waals surface area contributed by atoms with Crippen molar-refractivity contribution in [3.63, 3.8) is 0 Å². The summed E-state index contributed by atoms with van der Waals surface area (Å²) in [5.74, 6) is -0.388. The van der Waals surface area contributed by atoms with Crippen LogP contribution in [0.15, 0.2) is 35.5 Å². The van der Waals surface area contributed by atoms with Crippen LogP contribution in [-0.2, 0) is 21.0 Å². The summed E-state index contributed by atoms with van der Waals surface area (Å²) in [6.45, 7) is 2.20. The zero-order valence-corrected chi connectivity index (χ0v) is 9.76. The molecule has 90 valence electrons. The van der Waals surface area contributed by atoms with Gasteiger partial charge >= 0.3 is 5.97 Å². The molecular weight excluding hydrogens is 218 g/mol. The van der Waals surface area contributed by atoms with E-state index >= 15 is 0 Å². The van der Waals surface area contributed by atoms with E-state index in [1.807, 2.05) is 37.3 Å². The van der Waals surface area contributed by atoms with Crippen LogP contribution in [0.1, 0.15) is 25.3 Å². The van der Waals surface area contributed by atoms with Crippen molar-refractivity contribution in [2.75, 3.05) is 0 Å². The van der Waals surface area contributed by atoms with E-state index in [4.69, 9.17) is 9.57 Å². The lowest BCUT2D eigenvalue weighted by molar-refractivity contribution is -0.137. The minimum Gasteiger partial charge on any atom is -0.456 e. The summed E-state index contributed by atoms with van der Waals surface area (Å²) in [7, 11) is 0. The number of carbonyl (C=O) groups excluding carboxylic acids is 1. The van der Waals surface area contributed by atoms with E-state index in [9.17, 15) is 4.79 Å². The highest BCUT2D eigenvalue weighted by Gasteiger charge is 2.20. The van der Waals surface area contributed by atoms with Gasteiger partial charge in [-0.15, -0.1) is 0 Å². The third kappa shape index (κ3) is 3.31. The lowest BCUT2D eigenvalue weighted by atomic mass is 10.1. The highest BCUT2D eigenvalue weighted by Crippen LogP contribution is 2.12. The van der Waals surface area contributed by atoms with Gasteiger partial charge in [0.1, 0.15) is 12.7 Å². The van der Waals surface area contributed by atoms with Gasteiger partial charge in [0, 0.05) is 6.42 Å². The second-order valence-electron chi connectivity index (χ2n) is 4.05. The van der Waals surface area contributed by atoms with Crippen molar-refractivity contribution in [1.29, 1.82) is 0 Å². The Balaban J connectivity index is 1.86. The number of hydrogen-bond acceptors (Lipinski definition) is 4. The zero-order chi connectivity index (χ0) is 12.1. The number of nitrogens with zero attached hydrogens (tertiary/aromatic N) is 1. The molecule has 0 bridgehead atoms. The highest BCUT2D eigenvalue weighted by molar-refractivity contribution is 6.36. The highest BCUT2D eigenvalue weighted by atomic mass is 16.6. The van der Waals surface area contributed by atoms with Gasteiger partial charge in [0.15, 0.2) is 5.71 Å². The van der Waals surface area contributed by atoms with Crippen LogP contribution >= 0.6 is 0 Å². The smallest absolute Gasteiger partial charge is 0.356 e. The van der Waals surface area contributed by atoms with Gasteiger partial charge in [-0.25, -0.2) is 4.79 Å². The van der Waals surface area contributed by atoms with Crippen LogP contribution < -0.4 is 0 Å². The standard InChI is InChI=1S/C13H15NO3/c1-10-7-8-12(14-17-10)13(15)16-9-11-5-3-2-4-6-11/h2-6,10H,7-9H2,1H3. The molecule has 1 heterocycles. The van der Waals surface area contributed by atoms with Gasteiger partial charge in [-0.2, -0.15) is 0 Å². The number of ether oxygens (including phenoxy) is 1. The molecule has 0 spiro atoms. The first-order valence-corrected chi connectivity index (χ1v) is 5.69. The molecule has 17 heavy (non-hydrogen) atoms. The van der Waals surface area contributed by atoms with Crippen molar-refractivity contribution in [3.8, 4) is 0 Å². The van der Waals surface area contributed by atoms with Gasteiger partial charge in [0.25, 0.3) is 0 Å². The first-order chi connectivity index (χ1) is 8.25. The molecule has 2 rings (SSSR count). The first kappa shape index (κ1) is 11.6. The zero-order valence-electron chi connectivity index (χ0n) is 9.76. The van der Waals surface area contributed by atoms with Crippen LogP contribution in [0.2, 0.25) is 0 Å². The molecule has 0 saturated heterocycles.